The van der Waals surface area contributed by atoms with Crippen molar-refractivity contribution in [2.45, 2.75) is 58.6 Å². The minimum atomic E-state index is -0.710. The number of amides is 1. The van der Waals surface area contributed by atoms with Crippen molar-refractivity contribution in [3.8, 4) is 0 Å². The van der Waals surface area contributed by atoms with E-state index >= 15 is 0 Å². The molecule has 1 amide bonds. The SMILES string of the molecule is CCCC(O)(CCC)CNC(=NCc1cccc(C(=O)NC)c1)NCC. The van der Waals surface area contributed by atoms with Crippen LogP contribution in [0.3, 0.4) is 0 Å². The molecule has 0 bridgehead atoms. The lowest BCUT2D eigenvalue weighted by molar-refractivity contribution is 0.0257. The molecule has 0 aromatic heterocycles. The normalized spacial score (nSPS) is 12.0. The lowest BCUT2D eigenvalue weighted by Gasteiger charge is -2.28. The molecule has 26 heavy (non-hydrogen) atoms. The van der Waals surface area contributed by atoms with E-state index in [1.165, 1.54) is 0 Å². The molecule has 1 aromatic rings. The second kappa shape index (κ2) is 11.5. The minimum absolute atomic E-state index is 0.106. The van der Waals surface area contributed by atoms with Crippen LogP contribution in [0.5, 0.6) is 0 Å². The van der Waals surface area contributed by atoms with Gasteiger partial charge in [-0.15, -0.1) is 0 Å². The standard InChI is InChI=1S/C20H34N4O2/c1-5-11-20(26,12-6-2)15-24-19(22-7-3)23-14-16-9-8-10-17(13-16)18(25)21-4/h8-10,13,26H,5-7,11-12,14-15H2,1-4H3,(H,21,25)(H2,22,23,24). The zero-order valence-electron chi connectivity index (χ0n) is 16.6. The van der Waals surface area contributed by atoms with Crippen molar-refractivity contribution < 1.29 is 9.90 Å². The smallest absolute Gasteiger partial charge is 0.251 e. The second-order valence-electron chi connectivity index (χ2n) is 6.55. The topological polar surface area (TPSA) is 85.8 Å². The lowest BCUT2D eigenvalue weighted by atomic mass is 9.93. The molecule has 0 spiro atoms. The molecule has 0 aliphatic rings. The molecule has 0 unspecified atom stereocenters. The van der Waals surface area contributed by atoms with Gasteiger partial charge in [0.15, 0.2) is 5.96 Å². The van der Waals surface area contributed by atoms with Crippen LogP contribution in [-0.4, -0.2) is 42.7 Å². The molecule has 6 nitrogen and oxygen atoms in total. The average molecular weight is 363 g/mol. The third-order valence-corrected chi connectivity index (χ3v) is 4.20. The molecule has 6 heteroatoms. The molecule has 0 saturated carbocycles. The van der Waals surface area contributed by atoms with E-state index in [1.54, 1.807) is 13.1 Å². The van der Waals surface area contributed by atoms with Crippen LogP contribution >= 0.6 is 0 Å². The summed E-state index contributed by atoms with van der Waals surface area (Å²) in [5, 5.41) is 19.8. The Labute approximate surface area is 157 Å². The first-order valence-electron chi connectivity index (χ1n) is 9.53. The lowest BCUT2D eigenvalue weighted by Crippen LogP contribution is -2.47. The summed E-state index contributed by atoms with van der Waals surface area (Å²) in [6.07, 6.45) is 3.42. The molecule has 1 rings (SSSR count). The summed E-state index contributed by atoms with van der Waals surface area (Å²) >= 11 is 0. The summed E-state index contributed by atoms with van der Waals surface area (Å²) < 4.78 is 0. The van der Waals surface area contributed by atoms with Crippen LogP contribution in [0.15, 0.2) is 29.3 Å². The van der Waals surface area contributed by atoms with Gasteiger partial charge in [-0.2, -0.15) is 0 Å². The second-order valence-corrected chi connectivity index (χ2v) is 6.55. The quantitative estimate of drug-likeness (QED) is 0.380. The van der Waals surface area contributed by atoms with Crippen LogP contribution in [0.4, 0.5) is 0 Å². The molecule has 0 heterocycles. The van der Waals surface area contributed by atoms with Crippen molar-refractivity contribution in [1.82, 2.24) is 16.0 Å². The van der Waals surface area contributed by atoms with E-state index in [4.69, 9.17) is 0 Å². The Morgan fingerprint density at radius 2 is 1.85 bits per heavy atom. The summed E-state index contributed by atoms with van der Waals surface area (Å²) in [4.78, 5) is 16.3. The number of carbonyl (C=O) groups excluding carboxylic acids is 1. The molecule has 146 valence electrons. The van der Waals surface area contributed by atoms with Crippen LogP contribution in [0.2, 0.25) is 0 Å². The predicted octanol–water partition coefficient (Wildman–Crippen LogP) is 2.43. The molecular weight excluding hydrogens is 328 g/mol. The van der Waals surface area contributed by atoms with Gasteiger partial charge in [0.1, 0.15) is 0 Å². The number of nitrogens with one attached hydrogen (secondary N) is 3. The maximum Gasteiger partial charge on any atom is 0.251 e. The van der Waals surface area contributed by atoms with Crippen LogP contribution in [-0.2, 0) is 6.54 Å². The number of benzene rings is 1. The molecule has 4 N–H and O–H groups in total. The number of guanidine groups is 1. The number of carbonyl (C=O) groups is 1. The Hall–Kier alpha value is -2.08. The zero-order chi connectivity index (χ0) is 19.4. The van der Waals surface area contributed by atoms with Gasteiger partial charge in [-0.3, -0.25) is 4.79 Å². The number of aliphatic imine (C=N–C) groups is 1. The highest BCUT2D eigenvalue weighted by atomic mass is 16.3. The monoisotopic (exact) mass is 362 g/mol. The van der Waals surface area contributed by atoms with E-state index in [-0.39, 0.29) is 5.91 Å². The Morgan fingerprint density at radius 3 is 2.42 bits per heavy atom. The number of rotatable bonds is 10. The van der Waals surface area contributed by atoms with Gasteiger partial charge in [-0.05, 0) is 37.5 Å². The highest BCUT2D eigenvalue weighted by Gasteiger charge is 2.24. The minimum Gasteiger partial charge on any atom is -0.388 e. The fourth-order valence-electron chi connectivity index (χ4n) is 2.95. The molecule has 0 aliphatic heterocycles. The van der Waals surface area contributed by atoms with Gasteiger partial charge in [-0.25, -0.2) is 4.99 Å². The molecule has 0 radical (unpaired) electrons. The summed E-state index contributed by atoms with van der Waals surface area (Å²) in [6, 6.07) is 7.43. The van der Waals surface area contributed by atoms with Gasteiger partial charge < -0.3 is 21.1 Å². The van der Waals surface area contributed by atoms with E-state index in [0.29, 0.717) is 24.6 Å². The Morgan fingerprint density at radius 1 is 1.15 bits per heavy atom. The summed E-state index contributed by atoms with van der Waals surface area (Å²) in [5.74, 6) is 0.563. The van der Waals surface area contributed by atoms with Crippen molar-refractivity contribution in [2.75, 3.05) is 20.1 Å². The summed E-state index contributed by atoms with van der Waals surface area (Å²) in [7, 11) is 1.62. The number of hydrogen-bond donors (Lipinski definition) is 4. The van der Waals surface area contributed by atoms with Gasteiger partial charge in [0.2, 0.25) is 0 Å². The largest absolute Gasteiger partial charge is 0.388 e. The van der Waals surface area contributed by atoms with E-state index in [1.807, 2.05) is 25.1 Å². The Balaban J connectivity index is 2.78. The average Bonchev–Trinajstić information content (AvgIpc) is 2.64. The maximum atomic E-state index is 11.7. The van der Waals surface area contributed by atoms with Crippen molar-refractivity contribution in [2.24, 2.45) is 4.99 Å². The predicted molar refractivity (Wildman–Crippen MR) is 107 cm³/mol. The van der Waals surface area contributed by atoms with E-state index in [0.717, 1.165) is 37.8 Å². The molecular formula is C20H34N4O2. The third-order valence-electron chi connectivity index (χ3n) is 4.20. The van der Waals surface area contributed by atoms with Gasteiger partial charge in [-0.1, -0.05) is 38.8 Å². The van der Waals surface area contributed by atoms with E-state index < -0.39 is 5.60 Å². The number of aliphatic hydroxyl groups is 1. The fraction of sp³-hybridized carbons (Fsp3) is 0.600. The van der Waals surface area contributed by atoms with Crippen molar-refractivity contribution in [3.05, 3.63) is 35.4 Å². The molecule has 1 aromatic carbocycles. The highest BCUT2D eigenvalue weighted by molar-refractivity contribution is 5.94. The Kier molecular flexibility index (Phi) is 9.73. The first kappa shape index (κ1) is 22.0. The Bertz CT molecular complexity index is 581. The van der Waals surface area contributed by atoms with Crippen molar-refractivity contribution in [1.29, 1.82) is 0 Å². The highest BCUT2D eigenvalue weighted by Crippen LogP contribution is 2.18. The van der Waals surface area contributed by atoms with Crippen LogP contribution < -0.4 is 16.0 Å². The van der Waals surface area contributed by atoms with Gasteiger partial charge in [0.05, 0.1) is 12.1 Å². The van der Waals surface area contributed by atoms with Crippen molar-refractivity contribution >= 4 is 11.9 Å². The molecule has 0 saturated heterocycles. The maximum absolute atomic E-state index is 11.7. The van der Waals surface area contributed by atoms with Gasteiger partial charge in [0, 0.05) is 25.7 Å². The van der Waals surface area contributed by atoms with Crippen molar-refractivity contribution in [3.63, 3.8) is 0 Å². The molecule has 0 aliphatic carbocycles. The third kappa shape index (κ3) is 7.44. The number of nitrogens with zero attached hydrogens (tertiary/aromatic N) is 1. The van der Waals surface area contributed by atoms with Crippen LogP contribution in [0.25, 0.3) is 0 Å². The first-order valence-corrected chi connectivity index (χ1v) is 9.53. The fourth-order valence-corrected chi connectivity index (χ4v) is 2.95. The number of hydrogen-bond acceptors (Lipinski definition) is 3. The van der Waals surface area contributed by atoms with E-state index in [9.17, 15) is 9.90 Å². The van der Waals surface area contributed by atoms with Crippen LogP contribution in [0.1, 0.15) is 62.4 Å². The van der Waals surface area contributed by atoms with E-state index in [2.05, 4.69) is 34.8 Å². The van der Waals surface area contributed by atoms with Gasteiger partial charge >= 0.3 is 0 Å². The van der Waals surface area contributed by atoms with Gasteiger partial charge in [0.25, 0.3) is 5.91 Å². The molecule has 0 atom stereocenters. The summed E-state index contributed by atoms with van der Waals surface area (Å²) in [6.45, 7) is 7.84. The zero-order valence-corrected chi connectivity index (χ0v) is 16.6. The first-order chi connectivity index (χ1) is 12.5. The van der Waals surface area contributed by atoms with Crippen LogP contribution in [0, 0.1) is 0 Å². The summed E-state index contributed by atoms with van der Waals surface area (Å²) in [5.41, 5.74) is 0.873. The molecule has 0 fully saturated rings.